The maximum Gasteiger partial charge on any atom is 0.416 e. The van der Waals surface area contributed by atoms with E-state index in [4.69, 9.17) is 4.74 Å². The van der Waals surface area contributed by atoms with Crippen molar-refractivity contribution in [2.24, 2.45) is 5.92 Å². The van der Waals surface area contributed by atoms with Crippen LogP contribution in [0.5, 0.6) is 0 Å². The summed E-state index contributed by atoms with van der Waals surface area (Å²) in [5.41, 5.74) is 3.77. The number of hydrogen-bond donors (Lipinski definition) is 2. The number of rotatable bonds is 12. The van der Waals surface area contributed by atoms with E-state index in [1.165, 1.54) is 12.1 Å². The molecule has 2 aliphatic rings. The lowest BCUT2D eigenvalue weighted by atomic mass is 9.87. The Morgan fingerprint density at radius 1 is 1.00 bits per heavy atom. The number of alkyl halides is 3. The van der Waals surface area contributed by atoms with E-state index in [1.54, 1.807) is 0 Å². The highest BCUT2D eigenvalue weighted by Crippen LogP contribution is 2.39. The van der Waals surface area contributed by atoms with E-state index in [0.717, 1.165) is 69.8 Å². The van der Waals surface area contributed by atoms with Crippen molar-refractivity contribution in [3.63, 3.8) is 0 Å². The van der Waals surface area contributed by atoms with Crippen molar-refractivity contribution in [3.05, 3.63) is 91.6 Å². The number of carbonyl (C=O) groups is 2. The highest BCUT2D eigenvalue weighted by molar-refractivity contribution is 5.82. The van der Waals surface area contributed by atoms with Crippen LogP contribution in [-0.2, 0) is 39.8 Å². The van der Waals surface area contributed by atoms with Gasteiger partial charge in [-0.25, -0.2) is 4.39 Å². The van der Waals surface area contributed by atoms with E-state index in [0.29, 0.717) is 44.5 Å². The van der Waals surface area contributed by atoms with E-state index in [1.807, 2.05) is 44.7 Å². The van der Waals surface area contributed by atoms with Crippen LogP contribution in [0.4, 0.5) is 17.6 Å². The lowest BCUT2D eigenvalue weighted by Gasteiger charge is -2.27. The largest absolute Gasteiger partial charge is 0.481 e. The molecule has 5 rings (SSSR count). The number of carboxylic acids is 1. The summed E-state index contributed by atoms with van der Waals surface area (Å²) in [5, 5.41) is 12.8. The van der Waals surface area contributed by atoms with Crippen molar-refractivity contribution < 1.29 is 37.0 Å². The molecule has 276 valence electrons. The molecule has 2 heterocycles. The van der Waals surface area contributed by atoms with Gasteiger partial charge in [-0.2, -0.15) is 13.2 Å². The second-order valence-corrected chi connectivity index (χ2v) is 14.3. The monoisotopic (exact) mass is 713 g/mol. The molecule has 0 saturated carbocycles. The third-order valence-corrected chi connectivity index (χ3v) is 9.92. The minimum absolute atomic E-state index is 0.00685. The fourth-order valence-electron chi connectivity index (χ4n) is 7.58. The van der Waals surface area contributed by atoms with Crippen molar-refractivity contribution in [3.8, 4) is 11.1 Å². The summed E-state index contributed by atoms with van der Waals surface area (Å²) < 4.78 is 63.5. The number of aliphatic carboxylic acids is 1. The van der Waals surface area contributed by atoms with Crippen molar-refractivity contribution in [1.29, 1.82) is 0 Å². The minimum Gasteiger partial charge on any atom is -0.481 e. The number of fused-ring (bicyclic) bond motifs is 1. The summed E-state index contributed by atoms with van der Waals surface area (Å²) in [6, 6.07) is 5.04. The lowest BCUT2D eigenvalue weighted by Crippen LogP contribution is -2.40. The molecule has 3 aromatic rings. The van der Waals surface area contributed by atoms with Gasteiger partial charge in [-0.05, 0) is 121 Å². The number of halogens is 4. The first-order valence-electron chi connectivity index (χ1n) is 17.7. The predicted octanol–water partition coefficient (Wildman–Crippen LogP) is 6.96. The van der Waals surface area contributed by atoms with Crippen molar-refractivity contribution in [2.75, 3.05) is 32.8 Å². The van der Waals surface area contributed by atoms with Crippen molar-refractivity contribution >= 4 is 11.9 Å². The molecule has 1 aliphatic heterocycles. The number of aryl methyl sites for hydroxylation is 3. The Hall–Kier alpha value is -4.03. The highest BCUT2D eigenvalue weighted by Gasteiger charge is 2.36. The highest BCUT2D eigenvalue weighted by atomic mass is 19.4. The molecule has 1 fully saturated rings. The summed E-state index contributed by atoms with van der Waals surface area (Å²) in [4.78, 5) is 41.9. The van der Waals surface area contributed by atoms with Gasteiger partial charge in [0, 0.05) is 38.5 Å². The summed E-state index contributed by atoms with van der Waals surface area (Å²) in [5.74, 6) is -2.31. The SMILES string of the molecule is Cc1cc(F)cc(C)c1-c1cc(C(CC(=O)O)NC(=O)[C@@H](CC(C)C)n2cc(CCN3CCCOCC3)c(C(F)(F)F)cc2=O)cc2c1CCC2. The Morgan fingerprint density at radius 2 is 1.73 bits per heavy atom. The Balaban J connectivity index is 1.53. The molecule has 8 nitrogen and oxygen atoms in total. The first kappa shape index (κ1) is 38.2. The molecular formula is C39H47F4N3O5. The topological polar surface area (TPSA) is 101 Å². The van der Waals surface area contributed by atoms with Crippen LogP contribution in [0, 0.1) is 25.6 Å². The predicted molar refractivity (Wildman–Crippen MR) is 186 cm³/mol. The molecule has 1 amide bonds. The smallest absolute Gasteiger partial charge is 0.416 e. The van der Waals surface area contributed by atoms with Gasteiger partial charge < -0.3 is 24.6 Å². The van der Waals surface area contributed by atoms with Gasteiger partial charge in [-0.3, -0.25) is 14.4 Å². The number of carboxylic acid groups (broad SMARTS) is 1. The number of benzene rings is 2. The molecule has 0 spiro atoms. The van der Waals surface area contributed by atoms with Crippen LogP contribution < -0.4 is 10.9 Å². The second kappa shape index (κ2) is 16.1. The van der Waals surface area contributed by atoms with Gasteiger partial charge >= 0.3 is 12.1 Å². The van der Waals surface area contributed by atoms with Crippen LogP contribution in [0.25, 0.3) is 11.1 Å². The minimum atomic E-state index is -4.77. The normalized spacial score (nSPS) is 16.5. The number of nitrogens with one attached hydrogen (secondary N) is 1. The van der Waals surface area contributed by atoms with Crippen LogP contribution in [0.3, 0.4) is 0 Å². The van der Waals surface area contributed by atoms with Gasteiger partial charge in [0.05, 0.1) is 24.6 Å². The summed E-state index contributed by atoms with van der Waals surface area (Å²) >= 11 is 0. The van der Waals surface area contributed by atoms with Crippen molar-refractivity contribution in [2.45, 2.75) is 90.9 Å². The van der Waals surface area contributed by atoms with Crippen LogP contribution in [0.1, 0.15) is 90.6 Å². The zero-order chi connectivity index (χ0) is 37.0. The number of aromatic nitrogens is 1. The molecule has 12 heteroatoms. The molecule has 2 atom stereocenters. The van der Waals surface area contributed by atoms with E-state index in [-0.39, 0.29) is 30.1 Å². The Morgan fingerprint density at radius 3 is 2.39 bits per heavy atom. The van der Waals surface area contributed by atoms with Crippen LogP contribution in [0.2, 0.25) is 0 Å². The Labute approximate surface area is 295 Å². The maximum absolute atomic E-state index is 14.3. The molecular weight excluding hydrogens is 666 g/mol. The first-order valence-corrected chi connectivity index (χ1v) is 17.7. The number of amides is 1. The molecule has 51 heavy (non-hydrogen) atoms. The van der Waals surface area contributed by atoms with Gasteiger partial charge in [0.15, 0.2) is 0 Å². The van der Waals surface area contributed by atoms with Crippen LogP contribution >= 0.6 is 0 Å². The molecule has 2 aromatic carbocycles. The third kappa shape index (κ3) is 9.26. The summed E-state index contributed by atoms with van der Waals surface area (Å²) in [6.07, 6.45) is -0.735. The van der Waals surface area contributed by atoms with Gasteiger partial charge in [-0.15, -0.1) is 0 Å². The quantitative estimate of drug-likeness (QED) is 0.197. The average molecular weight is 714 g/mol. The number of carbonyl (C=O) groups excluding carboxylic acids is 1. The fraction of sp³-hybridized carbons (Fsp3) is 0.513. The molecule has 1 aliphatic carbocycles. The number of nitrogens with zero attached hydrogens (tertiary/aromatic N) is 2. The Kier molecular flexibility index (Phi) is 12.1. The molecule has 1 saturated heterocycles. The molecule has 0 bridgehead atoms. The van der Waals surface area contributed by atoms with Crippen molar-refractivity contribution in [1.82, 2.24) is 14.8 Å². The van der Waals surface area contributed by atoms with Gasteiger partial charge in [0.2, 0.25) is 5.91 Å². The third-order valence-electron chi connectivity index (χ3n) is 9.92. The first-order chi connectivity index (χ1) is 24.1. The van der Waals surface area contributed by atoms with Crippen LogP contribution in [-0.4, -0.2) is 59.3 Å². The fourth-order valence-corrected chi connectivity index (χ4v) is 7.58. The van der Waals surface area contributed by atoms with Crippen LogP contribution in [0.15, 0.2) is 41.3 Å². The van der Waals surface area contributed by atoms with Gasteiger partial charge in [0.25, 0.3) is 5.56 Å². The van der Waals surface area contributed by atoms with E-state index in [9.17, 15) is 37.1 Å². The lowest BCUT2D eigenvalue weighted by molar-refractivity contribution is -0.139. The summed E-state index contributed by atoms with van der Waals surface area (Å²) in [6.45, 7) is 9.97. The second-order valence-electron chi connectivity index (χ2n) is 14.3. The van der Waals surface area contributed by atoms with Gasteiger partial charge in [0.1, 0.15) is 11.9 Å². The standard InChI is InChI=1S/C39H47F4N3O5/c1-23(2)15-34(46-22-27(32(20-35(46)47)39(41,42)43)9-11-45-10-6-13-51-14-12-45)38(50)44-33(21-36(48)49)28-18-26-7-5-8-30(26)31(19-28)37-24(3)16-29(40)17-25(37)4/h16-20,22-23,33-34H,5-15,21H2,1-4H3,(H,44,50)(H,48,49)/t33?,34-/m1/s1. The molecule has 0 radical (unpaired) electrons. The van der Waals surface area contributed by atoms with E-state index in [2.05, 4.69) is 5.32 Å². The zero-order valence-corrected chi connectivity index (χ0v) is 29.7. The molecule has 1 unspecified atom stereocenters. The number of pyridine rings is 1. The Bertz CT molecular complexity index is 1790. The number of ether oxygens (including phenoxy) is 1. The maximum atomic E-state index is 14.3. The number of hydrogen-bond acceptors (Lipinski definition) is 5. The average Bonchev–Trinajstić information content (AvgIpc) is 3.36. The van der Waals surface area contributed by atoms with E-state index >= 15 is 0 Å². The van der Waals surface area contributed by atoms with Gasteiger partial charge in [-0.1, -0.05) is 19.9 Å². The molecule has 1 aromatic heterocycles. The summed E-state index contributed by atoms with van der Waals surface area (Å²) in [7, 11) is 0. The van der Waals surface area contributed by atoms with E-state index < -0.39 is 47.7 Å². The zero-order valence-electron chi connectivity index (χ0n) is 29.7. The molecule has 2 N–H and O–H groups in total.